The zero-order valence-electron chi connectivity index (χ0n) is 19.8. The van der Waals surface area contributed by atoms with E-state index < -0.39 is 0 Å². The summed E-state index contributed by atoms with van der Waals surface area (Å²) < 4.78 is 0. The van der Waals surface area contributed by atoms with Gasteiger partial charge in [0.05, 0.1) is 35.3 Å². The molecule has 8 nitrogen and oxygen atoms in total. The van der Waals surface area contributed by atoms with Gasteiger partial charge in [-0.1, -0.05) is 6.58 Å². The van der Waals surface area contributed by atoms with Crippen LogP contribution in [0.5, 0.6) is 0 Å². The number of nitrogens with zero attached hydrogens (tertiary/aromatic N) is 6. The summed E-state index contributed by atoms with van der Waals surface area (Å²) in [5, 5.41) is 20.2. The van der Waals surface area contributed by atoms with Crippen LogP contribution in [0.2, 0.25) is 0 Å². The second-order valence-corrected chi connectivity index (χ2v) is 9.23. The first-order valence-electron chi connectivity index (χ1n) is 12.0. The summed E-state index contributed by atoms with van der Waals surface area (Å²) in [7, 11) is 0. The SMILES string of the molecule is C=Cc1cc(-c2cc(C#N)c(N3CCN(C(=O)CCO)C(C)C3)nc2C2CC2)c2ccncc2n1. The minimum atomic E-state index is -0.147. The number of nitriles is 1. The van der Waals surface area contributed by atoms with E-state index in [1.54, 1.807) is 18.5 Å². The molecule has 3 aromatic rings. The summed E-state index contributed by atoms with van der Waals surface area (Å²) >= 11 is 0. The summed E-state index contributed by atoms with van der Waals surface area (Å²) in [6.07, 6.45) is 7.50. The lowest BCUT2D eigenvalue weighted by Gasteiger charge is -2.41. The van der Waals surface area contributed by atoms with Crippen LogP contribution in [0.15, 0.2) is 37.2 Å². The van der Waals surface area contributed by atoms with Crippen LogP contribution in [0.25, 0.3) is 28.1 Å². The van der Waals surface area contributed by atoms with Crippen LogP contribution in [0, 0.1) is 11.3 Å². The van der Waals surface area contributed by atoms with Gasteiger partial charge in [-0.2, -0.15) is 5.26 Å². The lowest BCUT2D eigenvalue weighted by Crippen LogP contribution is -2.54. The van der Waals surface area contributed by atoms with Gasteiger partial charge in [0.2, 0.25) is 5.91 Å². The van der Waals surface area contributed by atoms with E-state index in [4.69, 9.17) is 10.1 Å². The third-order valence-corrected chi connectivity index (χ3v) is 6.82. The first-order chi connectivity index (χ1) is 17.0. The Morgan fingerprint density at radius 2 is 2.11 bits per heavy atom. The fraction of sp³-hybridized carbons (Fsp3) is 0.370. The number of hydrogen-bond donors (Lipinski definition) is 1. The predicted molar refractivity (Wildman–Crippen MR) is 135 cm³/mol. The monoisotopic (exact) mass is 468 g/mol. The van der Waals surface area contributed by atoms with Crippen molar-refractivity contribution in [1.29, 1.82) is 5.26 Å². The molecule has 1 amide bonds. The Labute approximate surface area is 204 Å². The number of pyridine rings is 3. The van der Waals surface area contributed by atoms with E-state index in [-0.39, 0.29) is 25.0 Å². The molecular weight excluding hydrogens is 440 g/mol. The Morgan fingerprint density at radius 1 is 1.29 bits per heavy atom. The van der Waals surface area contributed by atoms with Crippen molar-refractivity contribution in [1.82, 2.24) is 19.9 Å². The molecule has 0 radical (unpaired) electrons. The normalized spacial score (nSPS) is 17.9. The number of carbonyl (C=O) groups is 1. The summed E-state index contributed by atoms with van der Waals surface area (Å²) in [5.41, 5.74) is 5.00. The summed E-state index contributed by atoms with van der Waals surface area (Å²) in [6, 6.07) is 8.26. The minimum absolute atomic E-state index is 0.0352. The molecule has 1 saturated carbocycles. The van der Waals surface area contributed by atoms with E-state index in [9.17, 15) is 10.1 Å². The van der Waals surface area contributed by atoms with Crippen LogP contribution >= 0.6 is 0 Å². The van der Waals surface area contributed by atoms with E-state index in [0.717, 1.165) is 46.3 Å². The molecule has 1 aliphatic carbocycles. The lowest BCUT2D eigenvalue weighted by atomic mass is 9.95. The fourth-order valence-electron chi connectivity index (χ4n) is 4.91. The molecule has 0 spiro atoms. The van der Waals surface area contributed by atoms with Gasteiger partial charge in [0, 0.05) is 55.2 Å². The molecule has 1 unspecified atom stereocenters. The highest BCUT2D eigenvalue weighted by Gasteiger charge is 2.33. The highest BCUT2D eigenvalue weighted by Crippen LogP contribution is 2.46. The van der Waals surface area contributed by atoms with Crippen molar-refractivity contribution in [3.05, 3.63) is 54.1 Å². The van der Waals surface area contributed by atoms with Gasteiger partial charge in [0.15, 0.2) is 0 Å². The van der Waals surface area contributed by atoms with E-state index in [0.29, 0.717) is 36.9 Å². The van der Waals surface area contributed by atoms with Gasteiger partial charge in [0.1, 0.15) is 11.9 Å². The van der Waals surface area contributed by atoms with Crippen molar-refractivity contribution >= 4 is 28.7 Å². The van der Waals surface area contributed by atoms with Crippen LogP contribution in [-0.4, -0.2) is 63.1 Å². The van der Waals surface area contributed by atoms with Crippen molar-refractivity contribution in [3.8, 4) is 17.2 Å². The van der Waals surface area contributed by atoms with Gasteiger partial charge in [-0.25, -0.2) is 9.97 Å². The van der Waals surface area contributed by atoms with Crippen molar-refractivity contribution in [2.45, 2.75) is 38.1 Å². The molecule has 1 atom stereocenters. The van der Waals surface area contributed by atoms with E-state index in [2.05, 4.69) is 27.5 Å². The highest BCUT2D eigenvalue weighted by molar-refractivity contribution is 5.96. The van der Waals surface area contributed by atoms with Gasteiger partial charge in [0.25, 0.3) is 0 Å². The molecule has 0 aromatic carbocycles. The molecule has 3 aromatic heterocycles. The van der Waals surface area contributed by atoms with Crippen LogP contribution in [0.3, 0.4) is 0 Å². The Bertz CT molecular complexity index is 1340. The molecule has 5 rings (SSSR count). The molecule has 178 valence electrons. The summed E-state index contributed by atoms with van der Waals surface area (Å²) in [4.78, 5) is 30.2. The molecule has 2 aliphatic rings. The maximum Gasteiger partial charge on any atom is 0.225 e. The first-order valence-corrected chi connectivity index (χ1v) is 12.0. The Morgan fingerprint density at radius 3 is 2.80 bits per heavy atom. The van der Waals surface area contributed by atoms with Gasteiger partial charge < -0.3 is 14.9 Å². The zero-order chi connectivity index (χ0) is 24.5. The van der Waals surface area contributed by atoms with Crippen molar-refractivity contribution < 1.29 is 9.90 Å². The van der Waals surface area contributed by atoms with E-state index >= 15 is 0 Å². The summed E-state index contributed by atoms with van der Waals surface area (Å²) in [6.45, 7) is 7.46. The van der Waals surface area contributed by atoms with Crippen LogP contribution in [0.1, 0.15) is 49.1 Å². The molecule has 1 aliphatic heterocycles. The minimum Gasteiger partial charge on any atom is -0.396 e. The van der Waals surface area contributed by atoms with E-state index in [1.165, 1.54) is 0 Å². The number of anilines is 1. The maximum atomic E-state index is 12.4. The predicted octanol–water partition coefficient (Wildman–Crippen LogP) is 3.50. The number of amides is 1. The fourth-order valence-corrected chi connectivity index (χ4v) is 4.91. The first kappa shape index (κ1) is 22.9. The molecule has 35 heavy (non-hydrogen) atoms. The molecule has 4 heterocycles. The second-order valence-electron chi connectivity index (χ2n) is 9.23. The van der Waals surface area contributed by atoms with Crippen molar-refractivity contribution in [3.63, 3.8) is 0 Å². The largest absolute Gasteiger partial charge is 0.396 e. The van der Waals surface area contributed by atoms with Gasteiger partial charge in [-0.15, -0.1) is 0 Å². The number of fused-ring (bicyclic) bond motifs is 1. The van der Waals surface area contributed by atoms with Crippen molar-refractivity contribution in [2.75, 3.05) is 31.1 Å². The highest BCUT2D eigenvalue weighted by atomic mass is 16.3. The number of aliphatic hydroxyl groups excluding tert-OH is 1. The summed E-state index contributed by atoms with van der Waals surface area (Å²) in [5.74, 6) is 1.00. The molecule has 1 N–H and O–H groups in total. The Kier molecular flexibility index (Phi) is 6.18. The maximum absolute atomic E-state index is 12.4. The molecule has 0 bridgehead atoms. The van der Waals surface area contributed by atoms with Crippen molar-refractivity contribution in [2.24, 2.45) is 0 Å². The third-order valence-electron chi connectivity index (χ3n) is 6.82. The molecule has 8 heteroatoms. The average molecular weight is 469 g/mol. The van der Waals surface area contributed by atoms with Gasteiger partial charge in [-0.3, -0.25) is 9.78 Å². The molecule has 2 fully saturated rings. The lowest BCUT2D eigenvalue weighted by molar-refractivity contribution is -0.134. The van der Waals surface area contributed by atoms with E-state index in [1.807, 2.05) is 30.0 Å². The number of piperazine rings is 1. The number of aliphatic hydroxyl groups is 1. The number of rotatable bonds is 6. The number of hydrogen-bond acceptors (Lipinski definition) is 7. The average Bonchev–Trinajstić information content (AvgIpc) is 3.72. The topological polar surface area (TPSA) is 106 Å². The standard InChI is InChI=1S/C27H28N6O2/c1-3-20-13-22(21-6-8-29-15-24(21)30-20)23-12-19(14-28)27(31-26(23)18-4-5-18)32-9-10-33(17(2)16-32)25(35)7-11-34/h3,6,8,12-13,15,17-18,34H,1,4-5,7,9-11,16H2,2H3. The number of aromatic nitrogens is 3. The number of carbonyl (C=O) groups excluding carboxylic acids is 1. The third kappa shape index (κ3) is 4.35. The quantitative estimate of drug-likeness (QED) is 0.590. The zero-order valence-corrected chi connectivity index (χ0v) is 19.8. The molecule has 1 saturated heterocycles. The van der Waals surface area contributed by atoms with Gasteiger partial charge >= 0.3 is 0 Å². The Hall–Kier alpha value is -3.83. The smallest absolute Gasteiger partial charge is 0.225 e. The second kappa shape index (κ2) is 9.43. The van der Waals surface area contributed by atoms with Crippen LogP contribution in [0.4, 0.5) is 5.82 Å². The Balaban J connectivity index is 1.58. The van der Waals surface area contributed by atoms with Gasteiger partial charge in [-0.05, 0) is 49.6 Å². The van der Waals surface area contributed by atoms with Crippen LogP contribution in [-0.2, 0) is 4.79 Å². The molecular formula is C27H28N6O2. The van der Waals surface area contributed by atoms with Crippen LogP contribution < -0.4 is 4.90 Å².